The van der Waals surface area contributed by atoms with Gasteiger partial charge in [0.1, 0.15) is 5.69 Å². The normalized spacial score (nSPS) is 20.9. The summed E-state index contributed by atoms with van der Waals surface area (Å²) in [6.07, 6.45) is 3.65. The maximum absolute atomic E-state index is 12.8. The van der Waals surface area contributed by atoms with Crippen LogP contribution in [-0.2, 0) is 4.79 Å². The van der Waals surface area contributed by atoms with Crippen LogP contribution >= 0.6 is 15.9 Å². The van der Waals surface area contributed by atoms with Crippen LogP contribution in [0.5, 0.6) is 0 Å². The lowest BCUT2D eigenvalue weighted by atomic mass is 9.97. The summed E-state index contributed by atoms with van der Waals surface area (Å²) in [6, 6.07) is 3.61. The van der Waals surface area contributed by atoms with Crippen molar-refractivity contribution in [3.8, 4) is 0 Å². The Labute approximate surface area is 138 Å². The molecule has 0 atom stereocenters. The first kappa shape index (κ1) is 15.5. The van der Waals surface area contributed by atoms with Gasteiger partial charge in [-0.2, -0.15) is 0 Å². The predicted molar refractivity (Wildman–Crippen MR) is 86.4 cm³/mol. The second-order valence-electron chi connectivity index (χ2n) is 6.64. The van der Waals surface area contributed by atoms with Gasteiger partial charge in [-0.1, -0.05) is 0 Å². The maximum Gasteiger partial charge on any atom is 0.274 e. The highest BCUT2D eigenvalue weighted by Gasteiger charge is 2.42. The van der Waals surface area contributed by atoms with Crippen LogP contribution < -0.4 is 0 Å². The minimum atomic E-state index is -0.392. The molecule has 5 nitrogen and oxygen atoms in total. The third kappa shape index (κ3) is 2.89. The molecular weight excluding hydrogens is 346 g/mol. The fourth-order valence-corrected chi connectivity index (χ4v) is 3.40. The van der Waals surface area contributed by atoms with E-state index in [1.165, 1.54) is 0 Å². The summed E-state index contributed by atoms with van der Waals surface area (Å²) in [5, 5.41) is 0. The maximum atomic E-state index is 12.8. The molecule has 1 saturated heterocycles. The third-order valence-electron chi connectivity index (χ3n) is 4.35. The van der Waals surface area contributed by atoms with E-state index in [9.17, 15) is 9.59 Å². The molecular formula is C16H20BrN3O2. The van der Waals surface area contributed by atoms with E-state index in [1.54, 1.807) is 12.3 Å². The van der Waals surface area contributed by atoms with Crippen LogP contribution in [0.15, 0.2) is 22.8 Å². The second-order valence-corrected chi connectivity index (χ2v) is 7.49. The average molecular weight is 366 g/mol. The number of rotatable bonds is 2. The SMILES string of the molecule is CC1(C)CN(C(=O)C2CC2)CCN1C(=O)c1ncccc1Br. The molecule has 118 valence electrons. The lowest BCUT2D eigenvalue weighted by Gasteiger charge is -2.47. The van der Waals surface area contributed by atoms with Gasteiger partial charge in [0.15, 0.2) is 0 Å². The van der Waals surface area contributed by atoms with Gasteiger partial charge >= 0.3 is 0 Å². The largest absolute Gasteiger partial charge is 0.338 e. The van der Waals surface area contributed by atoms with E-state index in [1.807, 2.05) is 29.7 Å². The number of carbonyl (C=O) groups excluding carboxylic acids is 2. The van der Waals surface area contributed by atoms with Crippen molar-refractivity contribution in [1.29, 1.82) is 0 Å². The monoisotopic (exact) mass is 365 g/mol. The minimum Gasteiger partial charge on any atom is -0.338 e. The summed E-state index contributed by atoms with van der Waals surface area (Å²) < 4.78 is 0.701. The van der Waals surface area contributed by atoms with Crippen molar-refractivity contribution in [2.75, 3.05) is 19.6 Å². The third-order valence-corrected chi connectivity index (χ3v) is 4.99. The number of piperazine rings is 1. The molecule has 2 amide bonds. The van der Waals surface area contributed by atoms with Crippen molar-refractivity contribution in [2.24, 2.45) is 5.92 Å². The summed E-state index contributed by atoms with van der Waals surface area (Å²) in [5.41, 5.74) is 0.0363. The highest BCUT2D eigenvalue weighted by molar-refractivity contribution is 9.10. The van der Waals surface area contributed by atoms with Gasteiger partial charge in [0.2, 0.25) is 5.91 Å². The van der Waals surface area contributed by atoms with E-state index in [2.05, 4.69) is 20.9 Å². The summed E-state index contributed by atoms with van der Waals surface area (Å²) in [7, 11) is 0. The molecule has 1 saturated carbocycles. The summed E-state index contributed by atoms with van der Waals surface area (Å²) in [6.45, 7) is 5.75. The van der Waals surface area contributed by atoms with E-state index in [-0.39, 0.29) is 17.7 Å². The first-order chi connectivity index (χ1) is 10.4. The van der Waals surface area contributed by atoms with Crippen LogP contribution in [0.25, 0.3) is 0 Å². The van der Waals surface area contributed by atoms with Crippen molar-refractivity contribution in [2.45, 2.75) is 32.2 Å². The first-order valence-electron chi connectivity index (χ1n) is 7.61. The highest BCUT2D eigenvalue weighted by Crippen LogP contribution is 2.33. The Morgan fingerprint density at radius 2 is 2.05 bits per heavy atom. The number of nitrogens with zero attached hydrogens (tertiary/aromatic N) is 3. The van der Waals surface area contributed by atoms with Gasteiger partial charge in [0, 0.05) is 36.2 Å². The number of hydrogen-bond acceptors (Lipinski definition) is 3. The Hall–Kier alpha value is -1.43. The molecule has 0 aromatic carbocycles. The van der Waals surface area contributed by atoms with Crippen molar-refractivity contribution in [3.63, 3.8) is 0 Å². The van der Waals surface area contributed by atoms with Gasteiger partial charge < -0.3 is 9.80 Å². The van der Waals surface area contributed by atoms with Crippen LogP contribution in [0.3, 0.4) is 0 Å². The Kier molecular flexibility index (Phi) is 3.97. The number of aromatic nitrogens is 1. The number of pyridine rings is 1. The van der Waals surface area contributed by atoms with Crippen molar-refractivity contribution < 1.29 is 9.59 Å². The lowest BCUT2D eigenvalue weighted by molar-refractivity contribution is -0.136. The molecule has 0 radical (unpaired) electrons. The molecule has 1 aliphatic heterocycles. The van der Waals surface area contributed by atoms with E-state index in [0.29, 0.717) is 29.8 Å². The molecule has 1 aromatic heterocycles. The van der Waals surface area contributed by atoms with E-state index in [4.69, 9.17) is 0 Å². The lowest BCUT2D eigenvalue weighted by Crippen LogP contribution is -2.62. The Balaban J connectivity index is 1.76. The molecule has 2 aliphatic rings. The van der Waals surface area contributed by atoms with E-state index < -0.39 is 5.54 Å². The van der Waals surface area contributed by atoms with Crippen molar-refractivity contribution in [1.82, 2.24) is 14.8 Å². The molecule has 22 heavy (non-hydrogen) atoms. The molecule has 0 unspecified atom stereocenters. The van der Waals surface area contributed by atoms with Crippen LogP contribution in [0.2, 0.25) is 0 Å². The topological polar surface area (TPSA) is 53.5 Å². The van der Waals surface area contributed by atoms with Gasteiger partial charge in [-0.15, -0.1) is 0 Å². The standard InChI is InChI=1S/C16H20BrN3O2/c1-16(2)10-19(14(21)11-5-6-11)8-9-20(16)15(22)13-12(17)4-3-7-18-13/h3-4,7,11H,5-6,8-10H2,1-2H3. The Morgan fingerprint density at radius 1 is 1.32 bits per heavy atom. The highest BCUT2D eigenvalue weighted by atomic mass is 79.9. The van der Waals surface area contributed by atoms with Crippen LogP contribution in [-0.4, -0.2) is 51.8 Å². The van der Waals surface area contributed by atoms with E-state index in [0.717, 1.165) is 12.8 Å². The van der Waals surface area contributed by atoms with Gasteiger partial charge in [0.05, 0.1) is 5.54 Å². The Morgan fingerprint density at radius 3 is 2.64 bits per heavy atom. The number of halogens is 1. The fourth-order valence-electron chi connectivity index (χ4n) is 2.98. The molecule has 6 heteroatoms. The van der Waals surface area contributed by atoms with Gasteiger partial charge in [0.25, 0.3) is 5.91 Å². The van der Waals surface area contributed by atoms with Crippen LogP contribution in [0.1, 0.15) is 37.2 Å². The summed E-state index contributed by atoms with van der Waals surface area (Å²) in [4.78, 5) is 33.0. The number of carbonyl (C=O) groups is 2. The van der Waals surface area contributed by atoms with Crippen LogP contribution in [0, 0.1) is 5.92 Å². The van der Waals surface area contributed by atoms with Gasteiger partial charge in [-0.25, -0.2) is 4.98 Å². The molecule has 1 aliphatic carbocycles. The first-order valence-corrected chi connectivity index (χ1v) is 8.41. The zero-order valence-electron chi connectivity index (χ0n) is 12.9. The van der Waals surface area contributed by atoms with Crippen molar-refractivity contribution >= 4 is 27.7 Å². The fraction of sp³-hybridized carbons (Fsp3) is 0.562. The molecule has 0 N–H and O–H groups in total. The van der Waals surface area contributed by atoms with E-state index >= 15 is 0 Å². The van der Waals surface area contributed by atoms with Gasteiger partial charge in [-0.3, -0.25) is 9.59 Å². The summed E-state index contributed by atoms with van der Waals surface area (Å²) in [5.74, 6) is 0.387. The number of amides is 2. The molecule has 1 aromatic rings. The number of hydrogen-bond donors (Lipinski definition) is 0. The molecule has 0 spiro atoms. The Bertz CT molecular complexity index is 613. The quantitative estimate of drug-likeness (QED) is 0.807. The van der Waals surface area contributed by atoms with Crippen molar-refractivity contribution in [3.05, 3.63) is 28.5 Å². The molecule has 2 fully saturated rings. The molecule has 3 rings (SSSR count). The average Bonchev–Trinajstić information content (AvgIpc) is 3.30. The molecule has 2 heterocycles. The zero-order valence-corrected chi connectivity index (χ0v) is 14.5. The van der Waals surface area contributed by atoms with Crippen LogP contribution in [0.4, 0.5) is 0 Å². The summed E-state index contributed by atoms with van der Waals surface area (Å²) >= 11 is 3.39. The zero-order chi connectivity index (χ0) is 15.9. The minimum absolute atomic E-state index is 0.0870. The smallest absolute Gasteiger partial charge is 0.274 e. The second kappa shape index (κ2) is 5.65. The molecule has 0 bridgehead atoms. The van der Waals surface area contributed by atoms with Gasteiger partial charge in [-0.05, 0) is 54.8 Å². The predicted octanol–water partition coefficient (Wildman–Crippen LogP) is 2.32.